The summed E-state index contributed by atoms with van der Waals surface area (Å²) in [5.41, 5.74) is 8.25. The van der Waals surface area contributed by atoms with Gasteiger partial charge in [0.1, 0.15) is 0 Å². The molecule has 4 nitrogen and oxygen atoms in total. The molecule has 1 saturated heterocycles. The summed E-state index contributed by atoms with van der Waals surface area (Å²) in [4.78, 5) is 18.5. The van der Waals surface area contributed by atoms with Gasteiger partial charge in [-0.3, -0.25) is 4.99 Å². The van der Waals surface area contributed by atoms with Gasteiger partial charge in [0.2, 0.25) is 0 Å². The number of nitrogens with zero attached hydrogens (tertiary/aromatic N) is 2. The zero-order chi connectivity index (χ0) is 18.8. The Morgan fingerprint density at radius 1 is 1.15 bits per heavy atom. The van der Waals surface area contributed by atoms with Crippen LogP contribution in [-0.4, -0.2) is 36.9 Å². The van der Waals surface area contributed by atoms with Crippen LogP contribution in [0, 0.1) is 0 Å². The van der Waals surface area contributed by atoms with Crippen molar-refractivity contribution in [3.63, 3.8) is 0 Å². The van der Waals surface area contributed by atoms with E-state index >= 15 is 0 Å². The molecule has 142 valence electrons. The maximum absolute atomic E-state index is 12.0. The van der Waals surface area contributed by atoms with Crippen LogP contribution < -0.4 is 0 Å². The average Bonchev–Trinajstić information content (AvgIpc) is 2.87. The molecule has 1 aliphatic carbocycles. The molecule has 1 aromatic rings. The molecule has 0 bridgehead atoms. The van der Waals surface area contributed by atoms with E-state index in [1.807, 2.05) is 17.9 Å². The van der Waals surface area contributed by atoms with E-state index in [0.29, 0.717) is 6.61 Å². The van der Waals surface area contributed by atoms with Crippen LogP contribution in [0.5, 0.6) is 0 Å². The van der Waals surface area contributed by atoms with E-state index in [9.17, 15) is 4.79 Å². The van der Waals surface area contributed by atoms with Crippen molar-refractivity contribution in [2.75, 3.05) is 19.7 Å². The molecule has 3 aliphatic rings. The van der Waals surface area contributed by atoms with Crippen molar-refractivity contribution in [1.29, 1.82) is 0 Å². The fourth-order valence-corrected chi connectivity index (χ4v) is 4.54. The molecule has 2 heterocycles. The van der Waals surface area contributed by atoms with Crippen molar-refractivity contribution in [3.05, 3.63) is 56.8 Å². The van der Waals surface area contributed by atoms with E-state index < -0.39 is 0 Å². The second-order valence-corrected chi connectivity index (χ2v) is 7.74. The quantitative estimate of drug-likeness (QED) is 0.675. The van der Waals surface area contributed by atoms with Crippen molar-refractivity contribution in [3.8, 4) is 0 Å². The highest BCUT2D eigenvalue weighted by Gasteiger charge is 2.26. The summed E-state index contributed by atoms with van der Waals surface area (Å²) in [5.74, 6) is 0. The highest BCUT2D eigenvalue weighted by molar-refractivity contribution is 6.30. The van der Waals surface area contributed by atoms with Gasteiger partial charge >= 0.3 is 6.09 Å². The van der Waals surface area contributed by atoms with E-state index in [0.717, 1.165) is 56.6 Å². The van der Waals surface area contributed by atoms with Gasteiger partial charge in [0.25, 0.3) is 0 Å². The molecule has 0 atom stereocenters. The van der Waals surface area contributed by atoms with Crippen molar-refractivity contribution in [2.24, 2.45) is 4.99 Å². The molecular weight excluding hydrogens is 360 g/mol. The van der Waals surface area contributed by atoms with Gasteiger partial charge in [-0.05, 0) is 67.0 Å². The molecule has 27 heavy (non-hydrogen) atoms. The highest BCUT2D eigenvalue weighted by atomic mass is 35.5. The number of rotatable bonds is 1. The topological polar surface area (TPSA) is 41.9 Å². The van der Waals surface area contributed by atoms with Crippen LogP contribution in [0.1, 0.15) is 43.7 Å². The third kappa shape index (κ3) is 3.81. The van der Waals surface area contributed by atoms with Gasteiger partial charge in [-0.15, -0.1) is 0 Å². The Balaban J connectivity index is 1.56. The largest absolute Gasteiger partial charge is 0.450 e. The number of hydrogen-bond donors (Lipinski definition) is 0. The lowest BCUT2D eigenvalue weighted by molar-refractivity contribution is 0.104. The van der Waals surface area contributed by atoms with Gasteiger partial charge in [0.15, 0.2) is 0 Å². The van der Waals surface area contributed by atoms with Gasteiger partial charge in [-0.1, -0.05) is 23.2 Å². The predicted octanol–water partition coefficient (Wildman–Crippen LogP) is 5.11. The number of benzene rings is 1. The van der Waals surface area contributed by atoms with Crippen molar-refractivity contribution in [2.45, 2.75) is 45.4 Å². The first-order valence-electron chi connectivity index (χ1n) is 9.80. The van der Waals surface area contributed by atoms with Crippen LogP contribution >= 0.6 is 11.6 Å². The first kappa shape index (κ1) is 18.3. The SMILES string of the molecule is CCOC(=O)N1CCC(=C2CC=NC3=C2CCc2cc(Cl)ccc2C3)CC1. The minimum Gasteiger partial charge on any atom is -0.450 e. The Hall–Kier alpha value is -2.07. The molecule has 0 spiro atoms. The molecule has 4 rings (SSSR count). The molecule has 0 radical (unpaired) electrons. The summed E-state index contributed by atoms with van der Waals surface area (Å²) in [6.07, 6.45) is 7.54. The lowest BCUT2D eigenvalue weighted by Crippen LogP contribution is -2.37. The van der Waals surface area contributed by atoms with Gasteiger partial charge in [0, 0.05) is 42.9 Å². The second-order valence-electron chi connectivity index (χ2n) is 7.30. The van der Waals surface area contributed by atoms with Crippen LogP contribution in [0.4, 0.5) is 4.79 Å². The van der Waals surface area contributed by atoms with Crippen molar-refractivity contribution in [1.82, 2.24) is 4.90 Å². The zero-order valence-corrected chi connectivity index (χ0v) is 16.5. The van der Waals surface area contributed by atoms with Crippen LogP contribution in [0.3, 0.4) is 0 Å². The maximum atomic E-state index is 12.0. The van der Waals surface area contributed by atoms with Gasteiger partial charge < -0.3 is 9.64 Å². The Morgan fingerprint density at radius 2 is 1.96 bits per heavy atom. The fraction of sp³-hybridized carbons (Fsp3) is 0.455. The summed E-state index contributed by atoms with van der Waals surface area (Å²) >= 11 is 6.20. The minimum atomic E-state index is -0.187. The first-order chi connectivity index (χ1) is 13.2. The zero-order valence-electron chi connectivity index (χ0n) is 15.8. The number of hydrogen-bond acceptors (Lipinski definition) is 3. The maximum Gasteiger partial charge on any atom is 0.409 e. The predicted molar refractivity (Wildman–Crippen MR) is 108 cm³/mol. The number of aliphatic imine (C=N–C) groups is 1. The minimum absolute atomic E-state index is 0.187. The molecule has 1 fully saturated rings. The van der Waals surface area contributed by atoms with Crippen molar-refractivity contribution < 1.29 is 9.53 Å². The second kappa shape index (κ2) is 7.89. The van der Waals surface area contributed by atoms with Crippen LogP contribution in [0.25, 0.3) is 0 Å². The Labute approximate surface area is 165 Å². The van der Waals surface area contributed by atoms with E-state index in [-0.39, 0.29) is 6.09 Å². The highest BCUT2D eigenvalue weighted by Crippen LogP contribution is 2.37. The molecule has 0 unspecified atom stereocenters. The molecule has 0 saturated carbocycles. The molecular formula is C22H25ClN2O2. The Bertz CT molecular complexity index is 844. The number of amides is 1. The number of piperidine rings is 1. The third-order valence-corrected chi connectivity index (χ3v) is 5.98. The number of fused-ring (bicyclic) bond motifs is 1. The summed E-state index contributed by atoms with van der Waals surface area (Å²) in [6, 6.07) is 6.22. The van der Waals surface area contributed by atoms with Crippen LogP contribution in [0.2, 0.25) is 5.02 Å². The van der Waals surface area contributed by atoms with Gasteiger partial charge in [-0.2, -0.15) is 0 Å². The van der Waals surface area contributed by atoms with Crippen LogP contribution in [-0.2, 0) is 17.6 Å². The normalized spacial score (nSPS) is 19.6. The number of likely N-dealkylation sites (tertiary alicyclic amines) is 1. The van der Waals surface area contributed by atoms with Gasteiger partial charge in [0.05, 0.1) is 6.61 Å². The standard InChI is InChI=1S/C22H25ClN2O2/c1-2-27-22(26)25-11-8-15(9-12-25)19-7-10-24-21-14-17-3-5-18(23)13-16(17)4-6-20(19)21/h3,5,10,13H,2,4,6-9,11-12,14H2,1H3. The smallest absolute Gasteiger partial charge is 0.409 e. The van der Waals surface area contributed by atoms with E-state index in [1.54, 1.807) is 0 Å². The number of carbonyl (C=O) groups excluding carboxylic acids is 1. The number of aryl methyl sites for hydroxylation is 1. The molecule has 0 N–H and O–H groups in total. The van der Waals surface area contributed by atoms with Gasteiger partial charge in [-0.25, -0.2) is 4.79 Å². The Kier molecular flexibility index (Phi) is 5.35. The third-order valence-electron chi connectivity index (χ3n) is 5.75. The lowest BCUT2D eigenvalue weighted by Gasteiger charge is -2.30. The van der Waals surface area contributed by atoms with Crippen molar-refractivity contribution >= 4 is 23.9 Å². The number of ether oxygens (including phenoxy) is 1. The van der Waals surface area contributed by atoms with E-state index in [4.69, 9.17) is 21.3 Å². The lowest BCUT2D eigenvalue weighted by atomic mass is 9.87. The average molecular weight is 385 g/mol. The number of halogens is 1. The number of allylic oxidation sites excluding steroid dienone is 3. The summed E-state index contributed by atoms with van der Waals surface area (Å²) in [5, 5.41) is 0.807. The molecule has 1 amide bonds. The summed E-state index contributed by atoms with van der Waals surface area (Å²) in [6.45, 7) is 3.77. The first-order valence-corrected chi connectivity index (χ1v) is 10.2. The molecule has 1 aromatic carbocycles. The molecule has 5 heteroatoms. The molecule has 0 aromatic heterocycles. The van der Waals surface area contributed by atoms with E-state index in [2.05, 4.69) is 18.3 Å². The summed E-state index contributed by atoms with van der Waals surface area (Å²) in [7, 11) is 0. The van der Waals surface area contributed by atoms with Crippen LogP contribution in [0.15, 0.2) is 45.6 Å². The monoisotopic (exact) mass is 384 g/mol. The number of carbonyl (C=O) groups is 1. The molecule has 2 aliphatic heterocycles. The summed E-state index contributed by atoms with van der Waals surface area (Å²) < 4.78 is 5.14. The van der Waals surface area contributed by atoms with E-state index in [1.165, 1.54) is 33.5 Å². The fourth-order valence-electron chi connectivity index (χ4n) is 4.34. The Morgan fingerprint density at radius 3 is 2.74 bits per heavy atom.